The Labute approximate surface area is 123 Å². The molecule has 0 unspecified atom stereocenters. The van der Waals surface area contributed by atoms with E-state index in [-0.39, 0.29) is 6.10 Å². The molecule has 2 fully saturated rings. The number of aliphatic hydroxyl groups excluding tert-OH is 1. The third kappa shape index (κ3) is 4.63. The van der Waals surface area contributed by atoms with E-state index in [4.69, 9.17) is 4.99 Å². The summed E-state index contributed by atoms with van der Waals surface area (Å²) >= 11 is 0. The Bertz CT molecular complexity index is 313. The van der Waals surface area contributed by atoms with E-state index in [0.717, 1.165) is 44.5 Å². The van der Waals surface area contributed by atoms with E-state index in [0.29, 0.717) is 0 Å². The van der Waals surface area contributed by atoms with Crippen molar-refractivity contribution in [3.05, 3.63) is 0 Å². The second-order valence-electron chi connectivity index (χ2n) is 6.16. The molecule has 0 spiro atoms. The Morgan fingerprint density at radius 3 is 2.60 bits per heavy atom. The van der Waals surface area contributed by atoms with Gasteiger partial charge in [-0.25, -0.2) is 0 Å². The molecule has 2 aliphatic rings. The molecular formula is C15H30N4O. The van der Waals surface area contributed by atoms with E-state index in [1.807, 2.05) is 0 Å². The van der Waals surface area contributed by atoms with Crippen LogP contribution in [-0.2, 0) is 0 Å². The average molecular weight is 282 g/mol. The Kier molecular flexibility index (Phi) is 6.10. The van der Waals surface area contributed by atoms with Gasteiger partial charge in [0.1, 0.15) is 0 Å². The third-order valence-electron chi connectivity index (χ3n) is 4.43. The van der Waals surface area contributed by atoms with Crippen LogP contribution in [0.4, 0.5) is 0 Å². The summed E-state index contributed by atoms with van der Waals surface area (Å²) in [5.74, 6) is 1.82. The van der Waals surface area contributed by atoms with Crippen molar-refractivity contribution in [2.45, 2.75) is 38.7 Å². The topological polar surface area (TPSA) is 51.1 Å². The number of guanidine groups is 1. The van der Waals surface area contributed by atoms with Crippen molar-refractivity contribution in [2.75, 3.05) is 46.3 Å². The zero-order valence-electron chi connectivity index (χ0n) is 13.0. The van der Waals surface area contributed by atoms with Crippen LogP contribution in [0.15, 0.2) is 4.99 Å². The molecule has 0 amide bonds. The average Bonchev–Trinajstić information content (AvgIpc) is 2.86. The van der Waals surface area contributed by atoms with E-state index >= 15 is 0 Å². The number of rotatable bonds is 4. The Hall–Kier alpha value is -0.810. The Morgan fingerprint density at radius 2 is 2.00 bits per heavy atom. The molecule has 2 aliphatic heterocycles. The molecule has 0 aromatic heterocycles. The highest BCUT2D eigenvalue weighted by Crippen LogP contribution is 2.19. The summed E-state index contributed by atoms with van der Waals surface area (Å²) in [6.45, 7) is 7.99. The lowest BCUT2D eigenvalue weighted by atomic mass is 9.94. The zero-order chi connectivity index (χ0) is 14.4. The van der Waals surface area contributed by atoms with E-state index in [9.17, 15) is 5.11 Å². The maximum Gasteiger partial charge on any atom is 0.194 e. The van der Waals surface area contributed by atoms with Gasteiger partial charge in [-0.1, -0.05) is 0 Å². The zero-order valence-corrected chi connectivity index (χ0v) is 13.0. The summed E-state index contributed by atoms with van der Waals surface area (Å²) < 4.78 is 0. The maximum absolute atomic E-state index is 9.64. The van der Waals surface area contributed by atoms with E-state index in [1.54, 1.807) is 0 Å². The molecule has 20 heavy (non-hydrogen) atoms. The number of nitrogens with zero attached hydrogens (tertiary/aromatic N) is 3. The minimum Gasteiger partial charge on any atom is -0.391 e. The second kappa shape index (κ2) is 7.84. The van der Waals surface area contributed by atoms with Crippen LogP contribution in [0.1, 0.15) is 32.6 Å². The standard InChI is InChI=1S/C15H30N4O/c1-3-16-15(19-11-7-14(20)12-19)17-8-4-13-5-9-18(2)10-6-13/h13-14,20H,3-12H2,1-2H3,(H,16,17)/t14-/m1/s1. The van der Waals surface area contributed by atoms with Gasteiger partial charge in [-0.3, -0.25) is 4.99 Å². The molecule has 0 aromatic rings. The van der Waals surface area contributed by atoms with Crippen molar-refractivity contribution in [3.8, 4) is 0 Å². The molecule has 2 N–H and O–H groups in total. The van der Waals surface area contributed by atoms with Crippen molar-refractivity contribution < 1.29 is 5.11 Å². The van der Waals surface area contributed by atoms with Crippen LogP contribution in [0, 0.1) is 5.92 Å². The number of aliphatic imine (C=N–C) groups is 1. The van der Waals surface area contributed by atoms with Gasteiger partial charge in [-0.05, 0) is 58.7 Å². The van der Waals surface area contributed by atoms with Crippen LogP contribution in [-0.4, -0.2) is 73.3 Å². The normalized spacial score (nSPS) is 26.2. The Morgan fingerprint density at radius 1 is 1.25 bits per heavy atom. The number of likely N-dealkylation sites (tertiary alicyclic amines) is 2. The number of hydrogen-bond acceptors (Lipinski definition) is 3. The summed E-state index contributed by atoms with van der Waals surface area (Å²) in [6.07, 6.45) is 4.49. The quantitative estimate of drug-likeness (QED) is 0.590. The monoisotopic (exact) mass is 282 g/mol. The summed E-state index contributed by atoms with van der Waals surface area (Å²) in [5.41, 5.74) is 0. The van der Waals surface area contributed by atoms with Crippen LogP contribution < -0.4 is 5.32 Å². The first kappa shape index (κ1) is 15.6. The van der Waals surface area contributed by atoms with Crippen LogP contribution in [0.25, 0.3) is 0 Å². The maximum atomic E-state index is 9.64. The number of aliphatic hydroxyl groups is 1. The summed E-state index contributed by atoms with van der Waals surface area (Å²) in [6, 6.07) is 0. The van der Waals surface area contributed by atoms with Gasteiger partial charge in [0, 0.05) is 26.2 Å². The minimum atomic E-state index is -0.187. The molecule has 0 aromatic carbocycles. The predicted octanol–water partition coefficient (Wildman–Crippen LogP) is 0.750. The smallest absolute Gasteiger partial charge is 0.194 e. The van der Waals surface area contributed by atoms with Gasteiger partial charge >= 0.3 is 0 Å². The second-order valence-corrected chi connectivity index (χ2v) is 6.16. The molecule has 2 rings (SSSR count). The lowest BCUT2D eigenvalue weighted by Gasteiger charge is -2.28. The molecule has 0 saturated carbocycles. The fraction of sp³-hybridized carbons (Fsp3) is 0.933. The molecule has 0 radical (unpaired) electrons. The SMILES string of the molecule is CCNC(=NCCC1CCN(C)CC1)N1CC[C@@H](O)C1. The first-order chi connectivity index (χ1) is 9.69. The molecule has 5 heteroatoms. The summed E-state index contributed by atoms with van der Waals surface area (Å²) in [5, 5.41) is 13.0. The first-order valence-electron chi connectivity index (χ1n) is 8.09. The van der Waals surface area contributed by atoms with Gasteiger partial charge in [0.25, 0.3) is 0 Å². The highest BCUT2D eigenvalue weighted by Gasteiger charge is 2.23. The predicted molar refractivity (Wildman–Crippen MR) is 83.0 cm³/mol. The van der Waals surface area contributed by atoms with E-state index in [2.05, 4.69) is 29.1 Å². The van der Waals surface area contributed by atoms with Crippen molar-refractivity contribution in [3.63, 3.8) is 0 Å². The lowest BCUT2D eigenvalue weighted by Crippen LogP contribution is -2.40. The van der Waals surface area contributed by atoms with Gasteiger partial charge in [0.05, 0.1) is 6.10 Å². The van der Waals surface area contributed by atoms with Gasteiger partial charge in [0.2, 0.25) is 0 Å². The molecule has 0 bridgehead atoms. The molecule has 2 heterocycles. The number of β-amino-alcohol motifs (C(OH)–C–C–N with tert-alkyl or cyclic N) is 1. The van der Waals surface area contributed by atoms with Crippen LogP contribution in [0.3, 0.4) is 0 Å². The minimum absolute atomic E-state index is 0.187. The molecule has 0 aliphatic carbocycles. The highest BCUT2D eigenvalue weighted by atomic mass is 16.3. The summed E-state index contributed by atoms with van der Waals surface area (Å²) in [4.78, 5) is 9.35. The van der Waals surface area contributed by atoms with Crippen molar-refractivity contribution in [2.24, 2.45) is 10.9 Å². The third-order valence-corrected chi connectivity index (χ3v) is 4.43. The Balaban J connectivity index is 1.77. The molecule has 1 atom stereocenters. The van der Waals surface area contributed by atoms with Crippen molar-refractivity contribution in [1.29, 1.82) is 0 Å². The number of nitrogens with one attached hydrogen (secondary N) is 1. The largest absolute Gasteiger partial charge is 0.391 e. The highest BCUT2D eigenvalue weighted by molar-refractivity contribution is 5.80. The fourth-order valence-corrected chi connectivity index (χ4v) is 3.06. The molecule has 5 nitrogen and oxygen atoms in total. The molecule has 116 valence electrons. The van der Waals surface area contributed by atoms with Gasteiger partial charge in [0.15, 0.2) is 5.96 Å². The number of hydrogen-bond donors (Lipinski definition) is 2. The van der Waals surface area contributed by atoms with Crippen molar-refractivity contribution >= 4 is 5.96 Å². The lowest BCUT2D eigenvalue weighted by molar-refractivity contribution is 0.187. The van der Waals surface area contributed by atoms with Crippen molar-refractivity contribution in [1.82, 2.24) is 15.1 Å². The number of piperidine rings is 1. The van der Waals surface area contributed by atoms with E-state index in [1.165, 1.54) is 32.4 Å². The van der Waals surface area contributed by atoms with Gasteiger partial charge < -0.3 is 20.2 Å². The van der Waals surface area contributed by atoms with Gasteiger partial charge in [-0.15, -0.1) is 0 Å². The fourth-order valence-electron chi connectivity index (χ4n) is 3.06. The molecular weight excluding hydrogens is 252 g/mol. The summed E-state index contributed by atoms with van der Waals surface area (Å²) in [7, 11) is 2.20. The van der Waals surface area contributed by atoms with Crippen LogP contribution >= 0.6 is 0 Å². The van der Waals surface area contributed by atoms with E-state index < -0.39 is 0 Å². The first-order valence-corrected chi connectivity index (χ1v) is 8.09. The van der Waals surface area contributed by atoms with Gasteiger partial charge in [-0.2, -0.15) is 0 Å². The van der Waals surface area contributed by atoms with Crippen LogP contribution in [0.5, 0.6) is 0 Å². The molecule has 2 saturated heterocycles. The van der Waals surface area contributed by atoms with Crippen LogP contribution in [0.2, 0.25) is 0 Å².